The number of benzene rings is 2. The van der Waals surface area contributed by atoms with Crippen molar-refractivity contribution in [2.45, 2.75) is 6.92 Å². The predicted octanol–water partition coefficient (Wildman–Crippen LogP) is 3.81. The van der Waals surface area contributed by atoms with Crippen LogP contribution in [-0.4, -0.2) is 7.11 Å². The van der Waals surface area contributed by atoms with Crippen LogP contribution >= 0.6 is 0 Å². The minimum absolute atomic E-state index is 0.277. The van der Waals surface area contributed by atoms with E-state index in [4.69, 9.17) is 4.74 Å². The smallest absolute Gasteiger partial charge is 0.172 e. The standard InChI is InChI=1S/C14H13FO/c1-10-5-3-6-11(9-10)12-7-4-8-13(16-2)14(12)15/h3-9H,1-2H3. The molecule has 0 amide bonds. The summed E-state index contributed by atoms with van der Waals surface area (Å²) < 4.78 is 18.9. The highest BCUT2D eigenvalue weighted by molar-refractivity contribution is 5.66. The van der Waals surface area contributed by atoms with Gasteiger partial charge in [0.15, 0.2) is 11.6 Å². The van der Waals surface area contributed by atoms with E-state index in [1.54, 1.807) is 18.2 Å². The van der Waals surface area contributed by atoms with Crippen LogP contribution in [-0.2, 0) is 0 Å². The van der Waals surface area contributed by atoms with Gasteiger partial charge in [0, 0.05) is 5.56 Å². The SMILES string of the molecule is COc1cccc(-c2cccc(C)c2)c1F. The van der Waals surface area contributed by atoms with Crippen LogP contribution in [0.15, 0.2) is 42.5 Å². The van der Waals surface area contributed by atoms with Crippen molar-refractivity contribution in [1.82, 2.24) is 0 Å². The molecule has 0 saturated carbocycles. The second kappa shape index (κ2) is 4.35. The van der Waals surface area contributed by atoms with Gasteiger partial charge in [-0.05, 0) is 18.6 Å². The van der Waals surface area contributed by atoms with E-state index in [0.29, 0.717) is 5.56 Å². The Morgan fingerprint density at radius 1 is 1.06 bits per heavy atom. The minimum Gasteiger partial charge on any atom is -0.494 e. The van der Waals surface area contributed by atoms with Crippen LogP contribution in [0.2, 0.25) is 0 Å². The molecule has 0 aliphatic rings. The molecule has 2 heteroatoms. The van der Waals surface area contributed by atoms with Gasteiger partial charge in [0.1, 0.15) is 0 Å². The first kappa shape index (κ1) is 10.7. The van der Waals surface area contributed by atoms with Gasteiger partial charge in [-0.25, -0.2) is 4.39 Å². The molecule has 0 unspecified atom stereocenters. The summed E-state index contributed by atoms with van der Waals surface area (Å²) in [6.07, 6.45) is 0. The number of hydrogen-bond acceptors (Lipinski definition) is 1. The van der Waals surface area contributed by atoms with Gasteiger partial charge in [0.25, 0.3) is 0 Å². The van der Waals surface area contributed by atoms with Gasteiger partial charge in [-0.15, -0.1) is 0 Å². The molecule has 0 aliphatic heterocycles. The van der Waals surface area contributed by atoms with Crippen molar-refractivity contribution in [3.63, 3.8) is 0 Å². The van der Waals surface area contributed by atoms with Crippen LogP contribution in [0.5, 0.6) is 5.75 Å². The second-order valence-corrected chi connectivity index (χ2v) is 3.69. The molecule has 0 saturated heterocycles. The Bertz CT molecular complexity index is 506. The third kappa shape index (κ3) is 1.91. The number of hydrogen-bond donors (Lipinski definition) is 0. The second-order valence-electron chi connectivity index (χ2n) is 3.69. The van der Waals surface area contributed by atoms with Crippen molar-refractivity contribution in [1.29, 1.82) is 0 Å². The molecule has 0 bridgehead atoms. The van der Waals surface area contributed by atoms with Crippen LogP contribution in [0.3, 0.4) is 0 Å². The Balaban J connectivity index is 2.56. The van der Waals surface area contributed by atoms with E-state index in [9.17, 15) is 4.39 Å². The lowest BCUT2D eigenvalue weighted by atomic mass is 10.0. The molecule has 0 spiro atoms. The van der Waals surface area contributed by atoms with Crippen molar-refractivity contribution in [2.24, 2.45) is 0 Å². The zero-order valence-electron chi connectivity index (χ0n) is 9.33. The molecule has 1 nitrogen and oxygen atoms in total. The summed E-state index contributed by atoms with van der Waals surface area (Å²) in [7, 11) is 1.47. The fourth-order valence-corrected chi connectivity index (χ4v) is 1.70. The summed E-state index contributed by atoms with van der Waals surface area (Å²) in [6.45, 7) is 1.99. The normalized spacial score (nSPS) is 10.2. The summed E-state index contributed by atoms with van der Waals surface area (Å²) in [5.74, 6) is -0.0328. The highest BCUT2D eigenvalue weighted by atomic mass is 19.1. The van der Waals surface area contributed by atoms with Crippen molar-refractivity contribution in [3.8, 4) is 16.9 Å². The highest BCUT2D eigenvalue weighted by Crippen LogP contribution is 2.29. The molecule has 0 N–H and O–H groups in total. The highest BCUT2D eigenvalue weighted by Gasteiger charge is 2.09. The molecule has 2 aromatic carbocycles. The molecular formula is C14H13FO. The van der Waals surface area contributed by atoms with Crippen LogP contribution in [0.4, 0.5) is 4.39 Å². The van der Waals surface area contributed by atoms with E-state index in [1.165, 1.54) is 7.11 Å². The van der Waals surface area contributed by atoms with Gasteiger partial charge in [0.05, 0.1) is 7.11 Å². The maximum atomic E-state index is 14.0. The zero-order valence-corrected chi connectivity index (χ0v) is 9.33. The number of methoxy groups -OCH3 is 1. The lowest BCUT2D eigenvalue weighted by molar-refractivity contribution is 0.387. The number of ether oxygens (including phenoxy) is 1. The third-order valence-electron chi connectivity index (χ3n) is 2.51. The van der Waals surface area contributed by atoms with Crippen molar-refractivity contribution in [2.75, 3.05) is 7.11 Å². The largest absolute Gasteiger partial charge is 0.494 e. The van der Waals surface area contributed by atoms with E-state index in [0.717, 1.165) is 11.1 Å². The van der Waals surface area contributed by atoms with E-state index in [2.05, 4.69) is 0 Å². The topological polar surface area (TPSA) is 9.23 Å². The van der Waals surface area contributed by atoms with Gasteiger partial charge in [-0.2, -0.15) is 0 Å². The molecule has 0 aromatic heterocycles. The molecule has 2 rings (SSSR count). The lowest BCUT2D eigenvalue weighted by Gasteiger charge is -2.07. The minimum atomic E-state index is -0.310. The number of halogens is 1. The zero-order chi connectivity index (χ0) is 11.5. The Labute approximate surface area is 94.5 Å². The lowest BCUT2D eigenvalue weighted by Crippen LogP contribution is -1.91. The first-order chi connectivity index (χ1) is 7.72. The molecule has 0 heterocycles. The molecule has 0 atom stereocenters. The summed E-state index contributed by atoms with van der Waals surface area (Å²) in [6, 6.07) is 12.9. The first-order valence-electron chi connectivity index (χ1n) is 5.12. The summed E-state index contributed by atoms with van der Waals surface area (Å²) in [5, 5.41) is 0. The fourth-order valence-electron chi connectivity index (χ4n) is 1.70. The van der Waals surface area contributed by atoms with Crippen LogP contribution < -0.4 is 4.74 Å². The van der Waals surface area contributed by atoms with Gasteiger partial charge in [-0.1, -0.05) is 42.0 Å². The van der Waals surface area contributed by atoms with Gasteiger partial charge in [0.2, 0.25) is 0 Å². The van der Waals surface area contributed by atoms with Gasteiger partial charge in [-0.3, -0.25) is 0 Å². The van der Waals surface area contributed by atoms with E-state index < -0.39 is 0 Å². The number of rotatable bonds is 2. The van der Waals surface area contributed by atoms with Crippen LogP contribution in [0, 0.1) is 12.7 Å². The molecular weight excluding hydrogens is 203 g/mol. The van der Waals surface area contributed by atoms with E-state index >= 15 is 0 Å². The Hall–Kier alpha value is -1.83. The first-order valence-corrected chi connectivity index (χ1v) is 5.12. The molecule has 16 heavy (non-hydrogen) atoms. The van der Waals surface area contributed by atoms with Crippen LogP contribution in [0.25, 0.3) is 11.1 Å². The molecule has 2 aromatic rings. The fraction of sp³-hybridized carbons (Fsp3) is 0.143. The quantitative estimate of drug-likeness (QED) is 0.741. The van der Waals surface area contributed by atoms with Gasteiger partial charge >= 0.3 is 0 Å². The summed E-state index contributed by atoms with van der Waals surface area (Å²) >= 11 is 0. The van der Waals surface area contributed by atoms with Crippen molar-refractivity contribution < 1.29 is 9.13 Å². The maximum absolute atomic E-state index is 14.0. The van der Waals surface area contributed by atoms with Crippen molar-refractivity contribution in [3.05, 3.63) is 53.8 Å². The van der Waals surface area contributed by atoms with E-state index in [1.807, 2.05) is 31.2 Å². The third-order valence-corrected chi connectivity index (χ3v) is 2.51. The predicted molar refractivity (Wildman–Crippen MR) is 63.1 cm³/mol. The Morgan fingerprint density at radius 2 is 1.81 bits per heavy atom. The molecule has 0 radical (unpaired) electrons. The summed E-state index contributed by atoms with van der Waals surface area (Å²) in [5.41, 5.74) is 2.55. The molecule has 82 valence electrons. The Morgan fingerprint density at radius 3 is 2.50 bits per heavy atom. The number of aryl methyl sites for hydroxylation is 1. The molecule has 0 aliphatic carbocycles. The van der Waals surface area contributed by atoms with Gasteiger partial charge < -0.3 is 4.74 Å². The molecule has 0 fully saturated rings. The average molecular weight is 216 g/mol. The monoisotopic (exact) mass is 216 g/mol. The van der Waals surface area contributed by atoms with E-state index in [-0.39, 0.29) is 11.6 Å². The average Bonchev–Trinajstić information content (AvgIpc) is 2.29. The van der Waals surface area contributed by atoms with Crippen molar-refractivity contribution >= 4 is 0 Å². The summed E-state index contributed by atoms with van der Waals surface area (Å²) in [4.78, 5) is 0. The van der Waals surface area contributed by atoms with Crippen LogP contribution in [0.1, 0.15) is 5.56 Å². The maximum Gasteiger partial charge on any atom is 0.172 e. The Kier molecular flexibility index (Phi) is 2.91.